The molecule has 0 saturated carbocycles. The van der Waals surface area contributed by atoms with Crippen molar-refractivity contribution in [3.05, 3.63) is 65.2 Å². The lowest BCUT2D eigenvalue weighted by Crippen LogP contribution is -2.32. The van der Waals surface area contributed by atoms with E-state index in [4.69, 9.17) is 4.74 Å². The number of rotatable bonds is 8. The van der Waals surface area contributed by atoms with Gasteiger partial charge in [-0.2, -0.15) is 0 Å². The number of benzene rings is 2. The second kappa shape index (κ2) is 9.93. The van der Waals surface area contributed by atoms with Crippen LogP contribution in [0, 0.1) is 6.92 Å². The highest BCUT2D eigenvalue weighted by molar-refractivity contribution is 5.94. The fourth-order valence-electron chi connectivity index (χ4n) is 3.41. The molecule has 0 saturated heterocycles. The van der Waals surface area contributed by atoms with Crippen molar-refractivity contribution in [2.45, 2.75) is 45.1 Å². The first-order valence-corrected chi connectivity index (χ1v) is 9.99. The van der Waals surface area contributed by atoms with E-state index in [2.05, 4.69) is 16.7 Å². The summed E-state index contributed by atoms with van der Waals surface area (Å²) in [4.78, 5) is 24.3. The van der Waals surface area contributed by atoms with E-state index in [1.54, 1.807) is 12.1 Å². The number of hydrogen-bond acceptors (Lipinski definition) is 3. The Balaban J connectivity index is 1.33. The molecular formula is C23H28N2O3. The maximum absolute atomic E-state index is 12.3. The second-order valence-corrected chi connectivity index (χ2v) is 7.23. The molecule has 5 heteroatoms. The molecule has 0 fully saturated rings. The van der Waals surface area contributed by atoms with Gasteiger partial charge in [0.15, 0.2) is 0 Å². The third-order valence-corrected chi connectivity index (χ3v) is 4.94. The molecule has 2 N–H and O–H groups in total. The quantitative estimate of drug-likeness (QED) is 0.682. The van der Waals surface area contributed by atoms with Crippen LogP contribution in [-0.2, 0) is 4.79 Å². The molecule has 0 spiro atoms. The molecule has 3 rings (SSSR count). The van der Waals surface area contributed by atoms with Crippen LogP contribution in [0.25, 0.3) is 0 Å². The van der Waals surface area contributed by atoms with E-state index in [0.717, 1.165) is 37.0 Å². The SMILES string of the molecule is Cc1ccc2c(c1)C(NC(=O)CCCCCNC(=O)c1ccccc1)CCO2. The van der Waals surface area contributed by atoms with Crippen LogP contribution in [0.1, 0.15) is 59.6 Å². The lowest BCUT2D eigenvalue weighted by atomic mass is 9.98. The summed E-state index contributed by atoms with van der Waals surface area (Å²) in [5.74, 6) is 0.899. The minimum atomic E-state index is -0.0492. The van der Waals surface area contributed by atoms with E-state index < -0.39 is 0 Å². The first kappa shape index (κ1) is 19.9. The summed E-state index contributed by atoms with van der Waals surface area (Å²) in [6.45, 7) is 3.30. The van der Waals surface area contributed by atoms with Crippen molar-refractivity contribution in [2.24, 2.45) is 0 Å². The predicted octanol–water partition coefficient (Wildman–Crippen LogP) is 3.93. The number of hydrogen-bond donors (Lipinski definition) is 2. The number of unbranched alkanes of at least 4 members (excludes halogenated alkanes) is 2. The Morgan fingerprint density at radius 3 is 2.71 bits per heavy atom. The molecular weight excluding hydrogens is 352 g/mol. The van der Waals surface area contributed by atoms with Crippen LogP contribution >= 0.6 is 0 Å². The van der Waals surface area contributed by atoms with Crippen molar-refractivity contribution in [3.8, 4) is 5.75 Å². The zero-order chi connectivity index (χ0) is 19.8. The van der Waals surface area contributed by atoms with Gasteiger partial charge >= 0.3 is 0 Å². The van der Waals surface area contributed by atoms with E-state index >= 15 is 0 Å². The highest BCUT2D eigenvalue weighted by Crippen LogP contribution is 2.32. The summed E-state index contributed by atoms with van der Waals surface area (Å²) < 4.78 is 5.68. The summed E-state index contributed by atoms with van der Waals surface area (Å²) in [6.07, 6.45) is 3.90. The van der Waals surface area contributed by atoms with Crippen LogP contribution in [0.4, 0.5) is 0 Å². The highest BCUT2D eigenvalue weighted by Gasteiger charge is 2.22. The maximum atomic E-state index is 12.3. The van der Waals surface area contributed by atoms with Gasteiger partial charge in [-0.1, -0.05) is 42.3 Å². The Hall–Kier alpha value is -2.82. The molecule has 28 heavy (non-hydrogen) atoms. The number of carbonyl (C=O) groups is 2. The molecule has 0 aromatic heterocycles. The molecule has 1 heterocycles. The highest BCUT2D eigenvalue weighted by atomic mass is 16.5. The normalized spacial score (nSPS) is 15.2. The predicted molar refractivity (Wildman–Crippen MR) is 109 cm³/mol. The third-order valence-electron chi connectivity index (χ3n) is 4.94. The van der Waals surface area contributed by atoms with E-state index in [1.165, 1.54) is 5.56 Å². The summed E-state index contributed by atoms with van der Waals surface area (Å²) in [5, 5.41) is 6.06. The molecule has 0 aliphatic carbocycles. The Morgan fingerprint density at radius 2 is 1.89 bits per heavy atom. The van der Waals surface area contributed by atoms with Gasteiger partial charge in [0, 0.05) is 30.5 Å². The standard InChI is InChI=1S/C23H28N2O3/c1-17-11-12-21-19(16-17)20(13-15-28-21)25-22(26)10-6-3-7-14-24-23(27)18-8-4-2-5-9-18/h2,4-5,8-9,11-12,16,20H,3,6-7,10,13-15H2,1H3,(H,24,27)(H,25,26). The summed E-state index contributed by atoms with van der Waals surface area (Å²) in [7, 11) is 0. The summed E-state index contributed by atoms with van der Waals surface area (Å²) in [6, 6.07) is 15.3. The molecule has 1 unspecified atom stereocenters. The smallest absolute Gasteiger partial charge is 0.251 e. The van der Waals surface area contributed by atoms with E-state index in [9.17, 15) is 9.59 Å². The molecule has 1 atom stereocenters. The lowest BCUT2D eigenvalue weighted by Gasteiger charge is -2.27. The van der Waals surface area contributed by atoms with Gasteiger partial charge in [-0.3, -0.25) is 9.59 Å². The van der Waals surface area contributed by atoms with Crippen LogP contribution in [-0.4, -0.2) is 25.0 Å². The van der Waals surface area contributed by atoms with Gasteiger partial charge in [-0.15, -0.1) is 0 Å². The fourth-order valence-corrected chi connectivity index (χ4v) is 3.41. The van der Waals surface area contributed by atoms with Crippen molar-refractivity contribution in [3.63, 3.8) is 0 Å². The van der Waals surface area contributed by atoms with Crippen molar-refractivity contribution in [2.75, 3.05) is 13.2 Å². The van der Waals surface area contributed by atoms with Crippen molar-refractivity contribution in [1.29, 1.82) is 0 Å². The molecule has 1 aliphatic heterocycles. The van der Waals surface area contributed by atoms with Crippen LogP contribution in [0.3, 0.4) is 0 Å². The number of ether oxygens (including phenoxy) is 1. The van der Waals surface area contributed by atoms with Crippen LogP contribution in [0.2, 0.25) is 0 Å². The van der Waals surface area contributed by atoms with Crippen LogP contribution in [0.5, 0.6) is 5.75 Å². The van der Waals surface area contributed by atoms with E-state index in [0.29, 0.717) is 25.1 Å². The Kier molecular flexibility index (Phi) is 7.06. The first-order chi connectivity index (χ1) is 13.6. The Morgan fingerprint density at radius 1 is 1.07 bits per heavy atom. The van der Waals surface area contributed by atoms with Gasteiger partial charge in [0.1, 0.15) is 5.75 Å². The zero-order valence-electron chi connectivity index (χ0n) is 16.4. The number of nitrogens with one attached hydrogen (secondary N) is 2. The molecule has 148 valence electrons. The molecule has 0 bridgehead atoms. The Labute approximate surface area is 166 Å². The molecule has 0 radical (unpaired) electrons. The van der Waals surface area contributed by atoms with Gasteiger partial charge in [-0.05, 0) is 38.0 Å². The number of aryl methyl sites for hydroxylation is 1. The average Bonchev–Trinajstić information content (AvgIpc) is 2.71. The Bertz CT molecular complexity index is 805. The minimum absolute atomic E-state index is 0.0290. The first-order valence-electron chi connectivity index (χ1n) is 9.99. The van der Waals surface area contributed by atoms with Crippen LogP contribution < -0.4 is 15.4 Å². The number of fused-ring (bicyclic) bond motifs is 1. The van der Waals surface area contributed by atoms with Gasteiger partial charge < -0.3 is 15.4 Å². The molecule has 2 amide bonds. The van der Waals surface area contributed by atoms with E-state index in [-0.39, 0.29) is 17.9 Å². The number of carbonyl (C=O) groups excluding carboxylic acids is 2. The van der Waals surface area contributed by atoms with Crippen LogP contribution in [0.15, 0.2) is 48.5 Å². The van der Waals surface area contributed by atoms with Gasteiger partial charge in [0.25, 0.3) is 5.91 Å². The monoisotopic (exact) mass is 380 g/mol. The summed E-state index contributed by atoms with van der Waals surface area (Å²) >= 11 is 0. The molecule has 2 aromatic carbocycles. The zero-order valence-corrected chi connectivity index (χ0v) is 16.4. The fraction of sp³-hybridized carbons (Fsp3) is 0.391. The van der Waals surface area contributed by atoms with Gasteiger partial charge in [0.2, 0.25) is 5.91 Å². The third kappa shape index (κ3) is 5.59. The number of amides is 2. The van der Waals surface area contributed by atoms with Crippen molar-refractivity contribution in [1.82, 2.24) is 10.6 Å². The van der Waals surface area contributed by atoms with Gasteiger partial charge in [-0.25, -0.2) is 0 Å². The molecule has 5 nitrogen and oxygen atoms in total. The largest absolute Gasteiger partial charge is 0.493 e. The van der Waals surface area contributed by atoms with Gasteiger partial charge in [0.05, 0.1) is 12.6 Å². The molecule has 2 aromatic rings. The lowest BCUT2D eigenvalue weighted by molar-refractivity contribution is -0.122. The molecule has 1 aliphatic rings. The second-order valence-electron chi connectivity index (χ2n) is 7.23. The van der Waals surface area contributed by atoms with Crippen molar-refractivity contribution < 1.29 is 14.3 Å². The van der Waals surface area contributed by atoms with E-state index in [1.807, 2.05) is 37.3 Å². The maximum Gasteiger partial charge on any atom is 0.251 e. The summed E-state index contributed by atoms with van der Waals surface area (Å²) in [5.41, 5.74) is 2.91. The average molecular weight is 380 g/mol. The topological polar surface area (TPSA) is 67.4 Å². The van der Waals surface area contributed by atoms with Crippen molar-refractivity contribution >= 4 is 11.8 Å². The minimum Gasteiger partial charge on any atom is -0.493 e.